The van der Waals surface area contributed by atoms with Crippen LogP contribution in [0.4, 0.5) is 23.4 Å². The summed E-state index contributed by atoms with van der Waals surface area (Å²) in [6, 6.07) is -0.405. The summed E-state index contributed by atoms with van der Waals surface area (Å²) in [5.74, 6) is 0.299. The van der Waals surface area contributed by atoms with Crippen LogP contribution in [0.1, 0.15) is 25.5 Å². The van der Waals surface area contributed by atoms with Gasteiger partial charge >= 0.3 is 6.36 Å². The Morgan fingerprint density at radius 3 is 2.69 bits per heavy atom. The number of nitrogens with zero attached hydrogens (tertiary/aromatic N) is 4. The lowest BCUT2D eigenvalue weighted by atomic mass is 10.1. The average Bonchev–Trinajstić information content (AvgIpc) is 3.34. The molecule has 6 unspecified atom stereocenters. The van der Waals surface area contributed by atoms with Crippen LogP contribution in [0.3, 0.4) is 0 Å². The number of imidazole rings is 1. The summed E-state index contributed by atoms with van der Waals surface area (Å²) in [6.07, 6.45) is -7.35. The Morgan fingerprint density at radius 2 is 2.00 bits per heavy atom. The lowest BCUT2D eigenvalue weighted by Gasteiger charge is -2.17. The smallest absolute Gasteiger partial charge is 0.387 e. The maximum Gasteiger partial charge on any atom is 0.522 e. The number of aromatic nitrogens is 4. The molecule has 2 aromatic heterocycles. The first-order chi connectivity index (χ1) is 13.7. The maximum absolute atomic E-state index is 13.9. The fourth-order valence-electron chi connectivity index (χ4n) is 3.67. The van der Waals surface area contributed by atoms with Crippen LogP contribution >= 0.6 is 0 Å². The molecule has 0 spiro atoms. The quantitative estimate of drug-likeness (QED) is 0.619. The molecule has 2 aromatic rings. The van der Waals surface area contributed by atoms with Gasteiger partial charge in [0.25, 0.3) is 0 Å². The van der Waals surface area contributed by atoms with Crippen LogP contribution in [0.2, 0.25) is 0 Å². The summed E-state index contributed by atoms with van der Waals surface area (Å²) in [5.41, 5.74) is 0.497. The normalized spacial score (nSPS) is 32.9. The predicted octanol–water partition coefficient (Wildman–Crippen LogP) is 1.28. The molecule has 3 N–H and O–H groups in total. The first kappa shape index (κ1) is 20.2. The number of aliphatic hydroxyl groups excluding tert-OH is 2. The molecule has 29 heavy (non-hydrogen) atoms. The van der Waals surface area contributed by atoms with Crippen LogP contribution in [0, 0.1) is 0 Å². The van der Waals surface area contributed by atoms with Crippen molar-refractivity contribution in [2.75, 3.05) is 11.9 Å². The van der Waals surface area contributed by atoms with Crippen molar-refractivity contribution in [1.82, 2.24) is 19.5 Å². The van der Waals surface area contributed by atoms with E-state index in [-0.39, 0.29) is 11.2 Å². The molecule has 4 rings (SSSR count). The molecular weight excluding hydrogens is 402 g/mol. The second kappa shape index (κ2) is 7.63. The van der Waals surface area contributed by atoms with Gasteiger partial charge in [0.15, 0.2) is 23.2 Å². The predicted molar refractivity (Wildman–Crippen MR) is 89.4 cm³/mol. The van der Waals surface area contributed by atoms with Gasteiger partial charge in [0.1, 0.15) is 30.8 Å². The van der Waals surface area contributed by atoms with Gasteiger partial charge in [-0.25, -0.2) is 19.3 Å². The highest BCUT2D eigenvalue weighted by Crippen LogP contribution is 2.34. The largest absolute Gasteiger partial charge is 0.522 e. The van der Waals surface area contributed by atoms with E-state index in [1.54, 1.807) is 0 Å². The Hall–Kier alpha value is -2.09. The molecular formula is C16H19F4N5O4. The second-order valence-corrected chi connectivity index (χ2v) is 7.05. The van der Waals surface area contributed by atoms with E-state index in [0.29, 0.717) is 18.7 Å². The topological polar surface area (TPSA) is 115 Å². The number of nitrogens with one attached hydrogen (secondary N) is 1. The number of aliphatic hydroxyl groups is 2. The third kappa shape index (κ3) is 3.99. The molecule has 2 aliphatic rings. The fraction of sp³-hybridized carbons (Fsp3) is 0.688. The lowest BCUT2D eigenvalue weighted by molar-refractivity contribution is -0.333. The number of hydrogen-bond donors (Lipinski definition) is 3. The standard InChI is InChI=1S/C16H19F4N5O4/c17-7-2-1-3-8(7)24-13-10-14(22-5-21-13)25(6-23-10)15-12(27)11(26)9(29-15)4-28-16(18,19)20/h5-9,11-12,15,26-27H,1-4H2,(H,21,22,24). The summed E-state index contributed by atoms with van der Waals surface area (Å²) >= 11 is 0. The van der Waals surface area contributed by atoms with Crippen LogP contribution in [-0.2, 0) is 9.47 Å². The van der Waals surface area contributed by atoms with Crippen molar-refractivity contribution >= 4 is 17.0 Å². The van der Waals surface area contributed by atoms with Crippen molar-refractivity contribution < 1.29 is 37.2 Å². The van der Waals surface area contributed by atoms with Gasteiger partial charge in [0.2, 0.25) is 0 Å². The molecule has 0 radical (unpaired) electrons. The number of ether oxygens (including phenoxy) is 2. The van der Waals surface area contributed by atoms with Crippen LogP contribution < -0.4 is 5.32 Å². The molecule has 1 saturated carbocycles. The van der Waals surface area contributed by atoms with Crippen LogP contribution in [0.5, 0.6) is 0 Å². The second-order valence-electron chi connectivity index (χ2n) is 7.05. The lowest BCUT2D eigenvalue weighted by Crippen LogP contribution is -2.35. The third-order valence-electron chi connectivity index (χ3n) is 5.14. The number of fused-ring (bicyclic) bond motifs is 1. The van der Waals surface area contributed by atoms with Crippen molar-refractivity contribution in [3.05, 3.63) is 12.7 Å². The molecule has 1 saturated heterocycles. The Morgan fingerprint density at radius 1 is 1.21 bits per heavy atom. The number of rotatable bonds is 5. The molecule has 1 aliphatic carbocycles. The molecule has 0 bridgehead atoms. The van der Waals surface area contributed by atoms with Gasteiger partial charge in [-0.3, -0.25) is 9.30 Å². The van der Waals surface area contributed by atoms with E-state index in [9.17, 15) is 27.8 Å². The average molecular weight is 421 g/mol. The first-order valence-corrected chi connectivity index (χ1v) is 9.05. The molecule has 3 heterocycles. The molecule has 0 amide bonds. The molecule has 1 aliphatic heterocycles. The van der Waals surface area contributed by atoms with Gasteiger partial charge in [-0.1, -0.05) is 0 Å². The summed E-state index contributed by atoms with van der Waals surface area (Å²) in [4.78, 5) is 12.3. The maximum atomic E-state index is 13.9. The highest BCUT2D eigenvalue weighted by Gasteiger charge is 2.46. The highest BCUT2D eigenvalue weighted by molar-refractivity contribution is 5.82. The molecule has 6 atom stereocenters. The van der Waals surface area contributed by atoms with Gasteiger partial charge in [-0.2, -0.15) is 0 Å². The van der Waals surface area contributed by atoms with Crippen molar-refractivity contribution in [2.45, 2.75) is 62.4 Å². The molecule has 13 heteroatoms. The van der Waals surface area contributed by atoms with Gasteiger partial charge in [0.05, 0.1) is 19.0 Å². The molecule has 160 valence electrons. The summed E-state index contributed by atoms with van der Waals surface area (Å²) in [6.45, 7) is -0.980. The fourth-order valence-corrected chi connectivity index (χ4v) is 3.67. The van der Waals surface area contributed by atoms with E-state index in [2.05, 4.69) is 25.0 Å². The first-order valence-electron chi connectivity index (χ1n) is 9.05. The minimum Gasteiger partial charge on any atom is -0.387 e. The van der Waals surface area contributed by atoms with Crippen molar-refractivity contribution in [2.24, 2.45) is 0 Å². The summed E-state index contributed by atoms with van der Waals surface area (Å²) in [7, 11) is 0. The van der Waals surface area contributed by atoms with Crippen molar-refractivity contribution in [1.29, 1.82) is 0 Å². The van der Waals surface area contributed by atoms with Gasteiger partial charge in [-0.05, 0) is 19.3 Å². The molecule has 2 fully saturated rings. The number of alkyl halides is 4. The number of halogens is 4. The zero-order valence-electron chi connectivity index (χ0n) is 15.0. The Balaban J connectivity index is 1.56. The van der Waals surface area contributed by atoms with Crippen LogP contribution in [0.15, 0.2) is 12.7 Å². The third-order valence-corrected chi connectivity index (χ3v) is 5.14. The van der Waals surface area contributed by atoms with Crippen LogP contribution in [0.25, 0.3) is 11.2 Å². The number of hydrogen-bond acceptors (Lipinski definition) is 8. The van der Waals surface area contributed by atoms with Crippen molar-refractivity contribution in [3.63, 3.8) is 0 Å². The minimum atomic E-state index is -4.89. The monoisotopic (exact) mass is 421 g/mol. The van der Waals surface area contributed by atoms with E-state index in [0.717, 1.165) is 6.42 Å². The van der Waals surface area contributed by atoms with Gasteiger partial charge < -0.3 is 20.3 Å². The van der Waals surface area contributed by atoms with Gasteiger partial charge in [0, 0.05) is 0 Å². The Kier molecular flexibility index (Phi) is 5.31. The van der Waals surface area contributed by atoms with E-state index >= 15 is 0 Å². The molecule has 9 nitrogen and oxygen atoms in total. The SMILES string of the molecule is OC1C(COC(F)(F)F)OC(n2cnc3c(NC4CCCC4F)ncnc32)C1O. The Labute approximate surface area is 161 Å². The number of anilines is 1. The summed E-state index contributed by atoms with van der Waals surface area (Å²) < 4.78 is 61.1. The van der Waals surface area contributed by atoms with Crippen molar-refractivity contribution in [3.8, 4) is 0 Å². The van der Waals surface area contributed by atoms with E-state index < -0.39 is 49.7 Å². The highest BCUT2D eigenvalue weighted by atomic mass is 19.4. The Bertz CT molecular complexity index is 865. The van der Waals surface area contributed by atoms with E-state index in [1.165, 1.54) is 17.2 Å². The van der Waals surface area contributed by atoms with E-state index in [4.69, 9.17) is 4.74 Å². The zero-order chi connectivity index (χ0) is 20.8. The molecule has 0 aromatic carbocycles. The minimum absolute atomic E-state index is 0.213. The van der Waals surface area contributed by atoms with Gasteiger partial charge in [-0.15, -0.1) is 13.2 Å². The van der Waals surface area contributed by atoms with Crippen LogP contribution in [-0.4, -0.2) is 73.2 Å². The summed E-state index contributed by atoms with van der Waals surface area (Å²) in [5, 5.41) is 23.3. The zero-order valence-corrected chi connectivity index (χ0v) is 15.0. The van der Waals surface area contributed by atoms with E-state index in [1.807, 2.05) is 0 Å².